The zero-order valence-corrected chi connectivity index (χ0v) is 35.8. The molecule has 0 saturated heterocycles. The molecule has 1 nitrogen and oxygen atoms in total. The van der Waals surface area contributed by atoms with Crippen molar-refractivity contribution in [2.75, 3.05) is 0 Å². The first kappa shape index (κ1) is 35.3. The monoisotopic (exact) mass is 835 g/mol. The number of thiophene rings is 2. The fourth-order valence-electron chi connectivity index (χ4n) is 10.8. The second-order valence-corrected chi connectivity index (χ2v) is 19.2. The Bertz CT molecular complexity index is 3930. The third-order valence-corrected chi connectivity index (χ3v) is 16.2. The van der Waals surface area contributed by atoms with Crippen molar-refractivity contribution >= 4 is 123 Å². The highest BCUT2D eigenvalue weighted by atomic mass is 32.1. The largest absolute Gasteiger partial charge is 0.310 e. The Labute approximate surface area is 371 Å². The van der Waals surface area contributed by atoms with Crippen LogP contribution >= 0.6 is 22.7 Å². The molecule has 1 aliphatic carbocycles. The summed E-state index contributed by atoms with van der Waals surface area (Å²) in [5.41, 5.74) is 10.1. The Balaban J connectivity index is 0.924. The first-order valence-corrected chi connectivity index (χ1v) is 23.5. The predicted octanol–water partition coefficient (Wildman–Crippen LogP) is 17.9. The highest BCUT2D eigenvalue weighted by Gasteiger charge is 2.21. The van der Waals surface area contributed by atoms with Crippen LogP contribution in [0.2, 0.25) is 0 Å². The number of benzene rings is 10. The second-order valence-electron chi connectivity index (χ2n) is 17.1. The number of aromatic nitrogens is 1. The van der Waals surface area contributed by atoms with Gasteiger partial charge in [0.25, 0.3) is 0 Å². The van der Waals surface area contributed by atoms with E-state index in [1.165, 1.54) is 128 Å². The molecule has 3 heteroatoms. The van der Waals surface area contributed by atoms with Crippen molar-refractivity contribution in [3.05, 3.63) is 212 Å². The average molecular weight is 836 g/mol. The van der Waals surface area contributed by atoms with Gasteiger partial charge in [-0.2, -0.15) is 0 Å². The minimum absolute atomic E-state index is 0.290. The van der Waals surface area contributed by atoms with Gasteiger partial charge >= 0.3 is 0 Å². The first-order valence-electron chi connectivity index (χ1n) is 21.8. The normalized spacial score (nSPS) is 14.5. The van der Waals surface area contributed by atoms with Gasteiger partial charge in [-0.05, 0) is 115 Å². The summed E-state index contributed by atoms with van der Waals surface area (Å²) >= 11 is 3.80. The summed E-state index contributed by atoms with van der Waals surface area (Å²) in [5.74, 6) is 0.290. The molecule has 0 radical (unpaired) electrons. The van der Waals surface area contributed by atoms with Crippen LogP contribution in [-0.2, 0) is 0 Å². The minimum Gasteiger partial charge on any atom is -0.310 e. The minimum atomic E-state index is 0.290. The smallest absolute Gasteiger partial charge is 0.0541 e. The lowest BCUT2D eigenvalue weighted by Crippen LogP contribution is -2.03. The molecule has 14 rings (SSSR count). The molecule has 13 aromatic rings. The lowest BCUT2D eigenvalue weighted by molar-refractivity contribution is 0.852. The molecule has 1 aliphatic rings. The summed E-state index contributed by atoms with van der Waals surface area (Å²) in [7, 11) is 0. The van der Waals surface area contributed by atoms with Crippen molar-refractivity contribution < 1.29 is 0 Å². The Morgan fingerprint density at radius 1 is 0.381 bits per heavy atom. The Morgan fingerprint density at radius 2 is 0.857 bits per heavy atom. The van der Waals surface area contributed by atoms with Crippen LogP contribution in [0.4, 0.5) is 0 Å². The highest BCUT2D eigenvalue weighted by molar-refractivity contribution is 7.26. The summed E-state index contributed by atoms with van der Waals surface area (Å²) in [6.07, 6.45) is 8.20. The topological polar surface area (TPSA) is 4.93 Å². The zero-order valence-electron chi connectivity index (χ0n) is 34.2. The van der Waals surface area contributed by atoms with E-state index < -0.39 is 0 Å². The zero-order chi connectivity index (χ0) is 41.2. The van der Waals surface area contributed by atoms with Crippen LogP contribution in [0.3, 0.4) is 0 Å². The van der Waals surface area contributed by atoms with Crippen LogP contribution in [-0.4, -0.2) is 4.57 Å². The first-order chi connectivity index (χ1) is 31.2. The second kappa shape index (κ2) is 13.6. The molecule has 0 amide bonds. The van der Waals surface area contributed by atoms with Gasteiger partial charge in [0.15, 0.2) is 0 Å². The third kappa shape index (κ3) is 5.28. The number of hydrogen-bond donors (Lipinski definition) is 0. The van der Waals surface area contributed by atoms with Gasteiger partial charge in [-0.3, -0.25) is 0 Å². The molecular weight excluding hydrogens is 799 g/mol. The summed E-state index contributed by atoms with van der Waals surface area (Å²) in [5, 5.41) is 15.8. The molecule has 0 N–H and O–H groups in total. The van der Waals surface area contributed by atoms with Crippen LogP contribution in [0.5, 0.6) is 0 Å². The molecule has 0 spiro atoms. The van der Waals surface area contributed by atoms with E-state index in [0.717, 1.165) is 6.42 Å². The number of allylic oxidation sites excluding steroid dienone is 4. The molecule has 63 heavy (non-hydrogen) atoms. The number of fused-ring (bicyclic) bond motifs is 15. The lowest BCUT2D eigenvalue weighted by atomic mass is 9.87. The van der Waals surface area contributed by atoms with Crippen LogP contribution in [0.1, 0.15) is 17.9 Å². The SMILES string of the molecule is C1=CC(c2ccc3c4ccccc4c4ccccc4c3c2)CC=C1n1c2ccc(-c3cccc4c3sc3ccccc34)cc2c2cc(-c3cccc4c3sc3ccccc34)ccc21. The molecule has 1 atom stereocenters. The van der Waals surface area contributed by atoms with Gasteiger partial charge in [0.1, 0.15) is 0 Å². The Morgan fingerprint density at radius 3 is 1.38 bits per heavy atom. The molecule has 294 valence electrons. The molecule has 0 saturated carbocycles. The van der Waals surface area contributed by atoms with Crippen molar-refractivity contribution in [2.24, 2.45) is 0 Å². The average Bonchev–Trinajstić information content (AvgIpc) is 4.03. The summed E-state index contributed by atoms with van der Waals surface area (Å²) in [6.45, 7) is 0. The van der Waals surface area contributed by atoms with E-state index in [-0.39, 0.29) is 0 Å². The van der Waals surface area contributed by atoms with Gasteiger partial charge in [-0.1, -0.05) is 158 Å². The number of rotatable bonds is 4. The molecular formula is C60H37NS2. The van der Waals surface area contributed by atoms with E-state index in [2.05, 4.69) is 211 Å². The van der Waals surface area contributed by atoms with E-state index in [4.69, 9.17) is 0 Å². The van der Waals surface area contributed by atoms with Gasteiger partial charge in [0.2, 0.25) is 0 Å². The quantitative estimate of drug-likeness (QED) is 0.156. The maximum atomic E-state index is 2.50. The van der Waals surface area contributed by atoms with Crippen LogP contribution in [0.25, 0.3) is 122 Å². The van der Waals surface area contributed by atoms with Gasteiger partial charge in [-0.25, -0.2) is 0 Å². The third-order valence-electron chi connectivity index (χ3n) is 13.7. The summed E-state index contributed by atoms with van der Waals surface area (Å²) in [6, 6.07) is 70.4. The van der Waals surface area contributed by atoms with Crippen molar-refractivity contribution in [1.82, 2.24) is 4.57 Å². The summed E-state index contributed by atoms with van der Waals surface area (Å²) < 4.78 is 7.86. The van der Waals surface area contributed by atoms with Crippen LogP contribution in [0.15, 0.2) is 206 Å². The van der Waals surface area contributed by atoms with Crippen LogP contribution in [0, 0.1) is 0 Å². The molecule has 3 aromatic heterocycles. The molecule has 10 aromatic carbocycles. The Kier molecular flexibility index (Phi) is 7.62. The van der Waals surface area contributed by atoms with Gasteiger partial charge in [0.05, 0.1) is 11.0 Å². The maximum absolute atomic E-state index is 2.50. The molecule has 0 bridgehead atoms. The van der Waals surface area contributed by atoms with Crippen molar-refractivity contribution in [3.8, 4) is 22.3 Å². The van der Waals surface area contributed by atoms with Gasteiger partial charge in [-0.15, -0.1) is 22.7 Å². The predicted molar refractivity (Wildman–Crippen MR) is 276 cm³/mol. The molecule has 0 fully saturated rings. The lowest BCUT2D eigenvalue weighted by Gasteiger charge is -2.20. The molecule has 0 aliphatic heterocycles. The van der Waals surface area contributed by atoms with Crippen molar-refractivity contribution in [2.45, 2.75) is 12.3 Å². The number of hydrogen-bond acceptors (Lipinski definition) is 2. The fraction of sp³-hybridized carbons (Fsp3) is 0.0333. The van der Waals surface area contributed by atoms with Gasteiger partial charge < -0.3 is 4.57 Å². The fourth-order valence-corrected chi connectivity index (χ4v) is 13.2. The maximum Gasteiger partial charge on any atom is 0.0541 e. The van der Waals surface area contributed by atoms with E-state index in [1.54, 1.807) is 0 Å². The van der Waals surface area contributed by atoms with E-state index >= 15 is 0 Å². The van der Waals surface area contributed by atoms with Crippen LogP contribution < -0.4 is 0 Å². The Hall–Kier alpha value is -7.30. The number of nitrogens with zero attached hydrogens (tertiary/aromatic N) is 1. The van der Waals surface area contributed by atoms with Crippen molar-refractivity contribution in [1.29, 1.82) is 0 Å². The van der Waals surface area contributed by atoms with E-state index in [1.807, 2.05) is 22.7 Å². The standard InChI is InChI=1S/C60H37NS2/c1-2-13-45-43(11-1)44-12-3-4-14-46(44)52-33-37(25-30-47(45)52)36-23-28-40(29-24-36)61-55-31-26-38(41-17-9-19-50-48-15-5-7-21-57(48)62-59(41)50)34-53(55)54-35-39(27-32-56(54)61)42-18-10-20-51-49-16-6-8-22-58(49)63-60(42)51/h1-23,25-36H,24H2. The van der Waals surface area contributed by atoms with E-state index in [9.17, 15) is 0 Å². The molecule has 3 heterocycles. The van der Waals surface area contributed by atoms with E-state index in [0.29, 0.717) is 5.92 Å². The van der Waals surface area contributed by atoms with Crippen molar-refractivity contribution in [3.63, 3.8) is 0 Å². The van der Waals surface area contributed by atoms with Gasteiger partial charge in [0, 0.05) is 62.7 Å². The summed E-state index contributed by atoms with van der Waals surface area (Å²) in [4.78, 5) is 0. The molecule has 1 unspecified atom stereocenters. The highest BCUT2D eigenvalue weighted by Crippen LogP contribution is 2.45.